The summed E-state index contributed by atoms with van der Waals surface area (Å²) in [4.78, 5) is 22.7. The molecule has 1 N–H and O–H groups in total. The number of halogens is 1. The number of hydrogen-bond donors (Lipinski definition) is 1. The number of ether oxygens (including phenoxy) is 1. The number of aliphatic imine (C=N–C) groups is 1. The number of nitrogens with one attached hydrogen (secondary N) is 1. The van der Waals surface area contributed by atoms with Crippen molar-refractivity contribution in [2.75, 3.05) is 37.7 Å². The standard InChI is InChI=1S/C24H31BrN4O2/c1-17-16-29(13-14-31-17)22-4-2-3-21(26-22)27-23(30)19-6-5-18(25)15-20(19)28-11-9-24(7-8-24)10-12-28/h3,5-6,15,17H,2,4,7-14,16H2,1H3,(H,27,30)/t17-/m1/s1. The van der Waals surface area contributed by atoms with E-state index in [0.717, 1.165) is 67.2 Å². The maximum absolute atomic E-state index is 13.3. The van der Waals surface area contributed by atoms with E-state index in [1.54, 1.807) is 0 Å². The van der Waals surface area contributed by atoms with Gasteiger partial charge in [-0.25, -0.2) is 4.99 Å². The molecule has 1 amide bonds. The summed E-state index contributed by atoms with van der Waals surface area (Å²) >= 11 is 3.59. The molecular formula is C24H31BrN4O2. The van der Waals surface area contributed by atoms with Crippen LogP contribution in [0.15, 0.2) is 39.6 Å². The number of hydrogen-bond acceptors (Lipinski definition) is 5. The zero-order chi connectivity index (χ0) is 21.4. The zero-order valence-electron chi connectivity index (χ0n) is 18.2. The Balaban J connectivity index is 1.30. The summed E-state index contributed by atoms with van der Waals surface area (Å²) in [5, 5.41) is 3.08. The van der Waals surface area contributed by atoms with E-state index in [0.29, 0.717) is 11.2 Å². The van der Waals surface area contributed by atoms with Crippen LogP contribution in [0, 0.1) is 5.41 Å². The Hall–Kier alpha value is -1.86. The first kappa shape index (κ1) is 21.0. The van der Waals surface area contributed by atoms with E-state index < -0.39 is 0 Å². The predicted molar refractivity (Wildman–Crippen MR) is 126 cm³/mol. The summed E-state index contributed by atoms with van der Waals surface area (Å²) in [5.41, 5.74) is 2.35. The fraction of sp³-hybridized carbons (Fsp3) is 0.583. The summed E-state index contributed by atoms with van der Waals surface area (Å²) in [5.74, 6) is 1.63. The number of amides is 1. The first-order valence-corrected chi connectivity index (χ1v) is 12.3. The minimum Gasteiger partial charge on any atom is -0.375 e. The average Bonchev–Trinajstić information content (AvgIpc) is 3.53. The van der Waals surface area contributed by atoms with Crippen LogP contribution in [0.5, 0.6) is 0 Å². The van der Waals surface area contributed by atoms with Crippen molar-refractivity contribution in [2.24, 2.45) is 10.4 Å². The summed E-state index contributed by atoms with van der Waals surface area (Å²) in [6.45, 7) is 6.58. The topological polar surface area (TPSA) is 57.2 Å². The zero-order valence-corrected chi connectivity index (χ0v) is 19.8. The normalized spacial score (nSPS) is 25.2. The molecule has 166 valence electrons. The van der Waals surface area contributed by atoms with Crippen LogP contribution in [-0.4, -0.2) is 55.5 Å². The highest BCUT2D eigenvalue weighted by Crippen LogP contribution is 2.54. The second-order valence-corrected chi connectivity index (χ2v) is 10.3. The van der Waals surface area contributed by atoms with Gasteiger partial charge in [-0.15, -0.1) is 0 Å². The Morgan fingerprint density at radius 2 is 2.00 bits per heavy atom. The van der Waals surface area contributed by atoms with E-state index in [2.05, 4.69) is 44.0 Å². The van der Waals surface area contributed by atoms with Crippen LogP contribution >= 0.6 is 15.9 Å². The van der Waals surface area contributed by atoms with Crippen molar-refractivity contribution in [1.82, 2.24) is 10.2 Å². The van der Waals surface area contributed by atoms with Crippen molar-refractivity contribution in [3.8, 4) is 0 Å². The quantitative estimate of drug-likeness (QED) is 0.691. The minimum absolute atomic E-state index is 0.0826. The Morgan fingerprint density at radius 3 is 2.74 bits per heavy atom. The largest absolute Gasteiger partial charge is 0.375 e. The molecule has 2 saturated heterocycles. The van der Waals surface area contributed by atoms with Gasteiger partial charge < -0.3 is 19.9 Å². The number of piperidine rings is 1. The number of nitrogens with zero attached hydrogens (tertiary/aromatic N) is 3. The molecule has 0 radical (unpaired) electrons. The van der Waals surface area contributed by atoms with Crippen molar-refractivity contribution in [1.29, 1.82) is 0 Å². The third-order valence-corrected chi connectivity index (χ3v) is 7.62. The van der Waals surface area contributed by atoms with E-state index in [4.69, 9.17) is 9.73 Å². The number of rotatable bonds is 3. The molecule has 6 nitrogen and oxygen atoms in total. The number of carbonyl (C=O) groups is 1. The van der Waals surface area contributed by atoms with Gasteiger partial charge in [-0.1, -0.05) is 15.9 Å². The van der Waals surface area contributed by atoms with Crippen molar-refractivity contribution in [3.05, 3.63) is 40.1 Å². The van der Waals surface area contributed by atoms with Crippen LogP contribution in [0.3, 0.4) is 0 Å². The molecule has 3 fully saturated rings. The molecule has 7 heteroatoms. The van der Waals surface area contributed by atoms with Gasteiger partial charge >= 0.3 is 0 Å². The van der Waals surface area contributed by atoms with Crippen LogP contribution in [0.4, 0.5) is 5.69 Å². The number of allylic oxidation sites excluding steroid dienone is 1. The molecule has 3 heterocycles. The molecule has 0 bridgehead atoms. The van der Waals surface area contributed by atoms with Crippen LogP contribution < -0.4 is 10.2 Å². The lowest BCUT2D eigenvalue weighted by atomic mass is 9.93. The van der Waals surface area contributed by atoms with Gasteiger partial charge in [0.2, 0.25) is 0 Å². The third kappa shape index (κ3) is 4.67. The van der Waals surface area contributed by atoms with Crippen molar-refractivity contribution >= 4 is 33.4 Å². The lowest BCUT2D eigenvalue weighted by Crippen LogP contribution is -2.45. The van der Waals surface area contributed by atoms with Gasteiger partial charge in [0.05, 0.1) is 24.0 Å². The Labute approximate surface area is 192 Å². The molecule has 1 aliphatic carbocycles. The molecule has 3 aliphatic heterocycles. The fourth-order valence-corrected chi connectivity index (χ4v) is 5.33. The minimum atomic E-state index is -0.0826. The number of benzene rings is 1. The molecule has 1 aromatic carbocycles. The molecule has 31 heavy (non-hydrogen) atoms. The lowest BCUT2D eigenvalue weighted by Gasteiger charge is -2.35. The summed E-state index contributed by atoms with van der Waals surface area (Å²) in [6.07, 6.45) is 9.26. The van der Waals surface area contributed by atoms with E-state index >= 15 is 0 Å². The molecule has 4 aliphatic rings. The molecule has 1 spiro atoms. The number of carbonyl (C=O) groups excluding carboxylic acids is 1. The van der Waals surface area contributed by atoms with Crippen LogP contribution in [0.1, 0.15) is 55.8 Å². The molecule has 1 saturated carbocycles. The van der Waals surface area contributed by atoms with Gasteiger partial charge in [0.15, 0.2) is 0 Å². The van der Waals surface area contributed by atoms with Gasteiger partial charge in [-0.2, -0.15) is 0 Å². The van der Waals surface area contributed by atoms with Crippen molar-refractivity contribution in [2.45, 2.75) is 51.6 Å². The highest BCUT2D eigenvalue weighted by molar-refractivity contribution is 9.10. The Kier molecular flexibility index (Phi) is 5.82. The van der Waals surface area contributed by atoms with Gasteiger partial charge in [0.1, 0.15) is 11.7 Å². The van der Waals surface area contributed by atoms with Crippen LogP contribution in [0.2, 0.25) is 0 Å². The SMILES string of the molecule is C[C@@H]1CN(C2=NC(NC(=O)c3ccc(Br)cc3N3CCC4(CC3)CC4)=CCC2)CCO1. The molecule has 1 atom stereocenters. The molecular weight excluding hydrogens is 456 g/mol. The van der Waals surface area contributed by atoms with E-state index in [1.807, 2.05) is 18.2 Å². The predicted octanol–water partition coefficient (Wildman–Crippen LogP) is 4.31. The molecule has 5 rings (SSSR count). The van der Waals surface area contributed by atoms with Crippen LogP contribution in [0.25, 0.3) is 0 Å². The maximum atomic E-state index is 13.3. The maximum Gasteiger partial charge on any atom is 0.258 e. The number of morpholine rings is 1. The highest BCUT2D eigenvalue weighted by atomic mass is 79.9. The van der Waals surface area contributed by atoms with E-state index in [1.165, 1.54) is 25.7 Å². The van der Waals surface area contributed by atoms with Crippen molar-refractivity contribution in [3.63, 3.8) is 0 Å². The van der Waals surface area contributed by atoms with E-state index in [-0.39, 0.29) is 12.0 Å². The van der Waals surface area contributed by atoms with E-state index in [9.17, 15) is 4.79 Å². The van der Waals surface area contributed by atoms with Gasteiger partial charge in [0, 0.05) is 37.1 Å². The Morgan fingerprint density at radius 1 is 1.19 bits per heavy atom. The second-order valence-electron chi connectivity index (χ2n) is 9.39. The smallest absolute Gasteiger partial charge is 0.258 e. The first-order chi connectivity index (χ1) is 15.0. The summed E-state index contributed by atoms with van der Waals surface area (Å²) in [7, 11) is 0. The number of anilines is 1. The second kappa shape index (κ2) is 8.58. The first-order valence-electron chi connectivity index (χ1n) is 11.5. The highest BCUT2D eigenvalue weighted by Gasteiger charge is 2.44. The van der Waals surface area contributed by atoms with Gasteiger partial charge in [-0.05, 0) is 68.7 Å². The Bertz CT molecular complexity index is 914. The molecule has 0 unspecified atom stereocenters. The third-order valence-electron chi connectivity index (χ3n) is 7.13. The molecule has 1 aromatic rings. The fourth-order valence-electron chi connectivity index (χ4n) is 4.98. The van der Waals surface area contributed by atoms with Gasteiger partial charge in [0.25, 0.3) is 5.91 Å². The lowest BCUT2D eigenvalue weighted by molar-refractivity contribution is 0.00505. The summed E-state index contributed by atoms with van der Waals surface area (Å²) in [6, 6.07) is 5.95. The number of amidine groups is 1. The average molecular weight is 487 g/mol. The van der Waals surface area contributed by atoms with Crippen LogP contribution in [-0.2, 0) is 4.74 Å². The summed E-state index contributed by atoms with van der Waals surface area (Å²) < 4.78 is 6.66. The monoisotopic (exact) mass is 486 g/mol. The van der Waals surface area contributed by atoms with Crippen molar-refractivity contribution < 1.29 is 9.53 Å². The molecule has 0 aromatic heterocycles. The van der Waals surface area contributed by atoms with Gasteiger partial charge in [-0.3, -0.25) is 4.79 Å².